The van der Waals surface area contributed by atoms with Crippen LogP contribution in [0.4, 0.5) is 0 Å². The average molecular weight is 412 g/mol. The Morgan fingerprint density at radius 3 is 1.43 bits per heavy atom. The van der Waals surface area contributed by atoms with E-state index in [0.29, 0.717) is 0 Å². The Balaban J connectivity index is 1.84. The summed E-state index contributed by atoms with van der Waals surface area (Å²) >= 11 is 9.16. The summed E-state index contributed by atoms with van der Waals surface area (Å²) in [7, 11) is 3.38. The summed E-state index contributed by atoms with van der Waals surface area (Å²) in [5.41, 5.74) is 2.64. The van der Waals surface area contributed by atoms with Crippen molar-refractivity contribution < 1.29 is 9.47 Å². The van der Waals surface area contributed by atoms with Crippen molar-refractivity contribution in [2.24, 2.45) is 0 Å². The van der Waals surface area contributed by atoms with Crippen LogP contribution in [0.15, 0.2) is 48.5 Å². The number of ether oxygens (including phenoxy) is 2. The van der Waals surface area contributed by atoms with E-state index in [1.165, 1.54) is 11.1 Å². The molecule has 0 saturated carbocycles. The zero-order valence-electron chi connectivity index (χ0n) is 13.5. The first-order chi connectivity index (χ1) is 11.0. The van der Waals surface area contributed by atoms with Crippen molar-refractivity contribution in [3.05, 3.63) is 59.7 Å². The van der Waals surface area contributed by atoms with Gasteiger partial charge in [0, 0.05) is 0 Å². The fourth-order valence-corrected chi connectivity index (χ4v) is 5.41. The third-order valence-electron chi connectivity index (χ3n) is 3.80. The molecule has 2 aromatic carbocycles. The first-order valence-electron chi connectivity index (χ1n) is 7.57. The van der Waals surface area contributed by atoms with Gasteiger partial charge in [0.05, 0.1) is 0 Å². The van der Waals surface area contributed by atoms with Crippen molar-refractivity contribution in [2.45, 2.75) is 12.8 Å². The van der Waals surface area contributed by atoms with Gasteiger partial charge in [0.25, 0.3) is 0 Å². The quantitative estimate of drug-likeness (QED) is 0.482. The summed E-state index contributed by atoms with van der Waals surface area (Å²) in [5, 5.41) is 0. The molecule has 0 fully saturated rings. The Labute approximate surface area is 152 Å². The molecule has 0 aromatic heterocycles. The van der Waals surface area contributed by atoms with Gasteiger partial charge in [-0.05, 0) is 0 Å². The summed E-state index contributed by atoms with van der Waals surface area (Å²) in [6.45, 7) is 0. The maximum atomic E-state index is 5.85. The first-order valence-corrected chi connectivity index (χ1v) is 13.0. The monoisotopic (exact) mass is 413 g/mol. The summed E-state index contributed by atoms with van der Waals surface area (Å²) < 4.78 is 8.96. The molecule has 0 bridgehead atoms. The third-order valence-corrected chi connectivity index (χ3v) is 9.00. The Bertz CT molecular complexity index is 600. The van der Waals surface area contributed by atoms with Gasteiger partial charge >= 0.3 is 152 Å². The van der Waals surface area contributed by atoms with Crippen LogP contribution in [0.5, 0.6) is 11.5 Å². The van der Waals surface area contributed by atoms with Crippen molar-refractivity contribution in [1.82, 2.24) is 0 Å². The molecule has 0 aliphatic rings. The standard InChI is InChI=1S/C18H22O2PSSe/c1-19-17-7-3-15(4-8-17)11-13-21(22,23)14-12-16-5-9-18(20-2)10-6-16/h3-10H,11-14H2,1-2H3. The minimum atomic E-state index is -1.42. The van der Waals surface area contributed by atoms with Crippen LogP contribution in [-0.4, -0.2) is 42.1 Å². The molecule has 5 heteroatoms. The first kappa shape index (κ1) is 18.5. The van der Waals surface area contributed by atoms with Crippen LogP contribution in [0.1, 0.15) is 11.1 Å². The van der Waals surface area contributed by atoms with Crippen molar-refractivity contribution in [1.29, 1.82) is 0 Å². The van der Waals surface area contributed by atoms with E-state index in [9.17, 15) is 0 Å². The van der Waals surface area contributed by atoms with Gasteiger partial charge in [0.1, 0.15) is 0 Å². The topological polar surface area (TPSA) is 18.5 Å². The molecule has 2 rings (SSSR count). The Morgan fingerprint density at radius 1 is 0.783 bits per heavy atom. The summed E-state index contributed by atoms with van der Waals surface area (Å²) in [4.78, 5) is 0. The number of benzene rings is 2. The Kier molecular flexibility index (Phi) is 7.17. The van der Waals surface area contributed by atoms with Gasteiger partial charge in [-0.2, -0.15) is 0 Å². The van der Waals surface area contributed by atoms with Gasteiger partial charge in [-0.15, -0.1) is 0 Å². The SMILES string of the molecule is COc1ccc(CCP(=S)([Se])CCc2ccc(OC)cc2)cc1. The van der Waals surface area contributed by atoms with E-state index in [2.05, 4.69) is 39.8 Å². The van der Waals surface area contributed by atoms with E-state index in [1.54, 1.807) is 14.2 Å². The number of rotatable bonds is 8. The zero-order chi connectivity index (χ0) is 16.7. The predicted molar refractivity (Wildman–Crippen MR) is 103 cm³/mol. The summed E-state index contributed by atoms with van der Waals surface area (Å²) in [6, 6.07) is 16.5. The molecule has 0 amide bonds. The number of methoxy groups -OCH3 is 2. The van der Waals surface area contributed by atoms with E-state index < -0.39 is 4.73 Å². The van der Waals surface area contributed by atoms with E-state index >= 15 is 0 Å². The van der Waals surface area contributed by atoms with E-state index in [-0.39, 0.29) is 0 Å². The van der Waals surface area contributed by atoms with E-state index in [0.717, 1.165) is 36.7 Å². The maximum absolute atomic E-state index is 5.85. The average Bonchev–Trinajstić information content (AvgIpc) is 2.59. The second-order valence-electron chi connectivity index (χ2n) is 5.46. The fraction of sp³-hybridized carbons (Fsp3) is 0.333. The molecule has 123 valence electrons. The number of hydrogen-bond donors (Lipinski definition) is 0. The Hall–Kier alpha value is -0.791. The normalized spacial score (nSPS) is 11.3. The molecule has 0 aliphatic heterocycles. The summed E-state index contributed by atoms with van der Waals surface area (Å²) in [6.07, 6.45) is 4.17. The van der Waals surface area contributed by atoms with Gasteiger partial charge in [-0.25, -0.2) is 0 Å². The zero-order valence-corrected chi connectivity index (χ0v) is 17.0. The van der Waals surface area contributed by atoms with Gasteiger partial charge in [-0.3, -0.25) is 0 Å². The van der Waals surface area contributed by atoms with Crippen LogP contribution in [-0.2, 0) is 24.6 Å². The fourth-order valence-electron chi connectivity index (χ4n) is 2.30. The molecule has 0 atom stereocenters. The molecular weight excluding hydrogens is 390 g/mol. The van der Waals surface area contributed by atoms with Crippen LogP contribution in [0.25, 0.3) is 0 Å². The van der Waals surface area contributed by atoms with Gasteiger partial charge < -0.3 is 0 Å². The van der Waals surface area contributed by atoms with Gasteiger partial charge in [0.2, 0.25) is 0 Å². The Morgan fingerprint density at radius 2 is 1.13 bits per heavy atom. The number of hydrogen-bond acceptors (Lipinski definition) is 3. The van der Waals surface area contributed by atoms with Crippen LogP contribution in [0.2, 0.25) is 0 Å². The van der Waals surface area contributed by atoms with Crippen LogP contribution < -0.4 is 9.47 Å². The molecule has 0 heterocycles. The van der Waals surface area contributed by atoms with Crippen molar-refractivity contribution >= 4 is 32.1 Å². The van der Waals surface area contributed by atoms with Crippen LogP contribution in [0, 0.1) is 0 Å². The van der Waals surface area contributed by atoms with Crippen molar-refractivity contribution in [3.63, 3.8) is 0 Å². The van der Waals surface area contributed by atoms with E-state index in [1.807, 2.05) is 24.3 Å². The molecule has 1 radical (unpaired) electrons. The van der Waals surface area contributed by atoms with Gasteiger partial charge in [-0.1, -0.05) is 0 Å². The van der Waals surface area contributed by atoms with Crippen LogP contribution >= 0.6 is 4.73 Å². The second kappa shape index (κ2) is 8.89. The van der Waals surface area contributed by atoms with Crippen molar-refractivity contribution in [3.8, 4) is 11.5 Å². The van der Waals surface area contributed by atoms with Gasteiger partial charge in [0.15, 0.2) is 0 Å². The molecule has 23 heavy (non-hydrogen) atoms. The van der Waals surface area contributed by atoms with Crippen LogP contribution in [0.3, 0.4) is 0 Å². The van der Waals surface area contributed by atoms with E-state index in [4.69, 9.17) is 21.3 Å². The molecular formula is C18H22O2PSSe. The predicted octanol–water partition coefficient (Wildman–Crippen LogP) is 4.05. The van der Waals surface area contributed by atoms with Crippen molar-refractivity contribution in [2.75, 3.05) is 26.5 Å². The molecule has 2 nitrogen and oxygen atoms in total. The number of aryl methyl sites for hydroxylation is 2. The summed E-state index contributed by atoms with van der Waals surface area (Å²) in [5.74, 6) is 1.80. The molecule has 2 aromatic rings. The molecule has 0 unspecified atom stereocenters. The molecule has 0 saturated heterocycles. The minimum absolute atomic E-state index is 0.899. The molecule has 0 N–H and O–H groups in total. The molecule has 0 aliphatic carbocycles. The second-order valence-corrected chi connectivity index (χ2v) is 16.0. The third kappa shape index (κ3) is 6.31. The molecule has 0 spiro atoms.